The van der Waals surface area contributed by atoms with Gasteiger partial charge in [0, 0.05) is 12.3 Å². The maximum atomic E-state index is 6.03. The molecule has 2 N–H and O–H groups in total. The summed E-state index contributed by atoms with van der Waals surface area (Å²) in [4.78, 5) is 4.16. The van der Waals surface area contributed by atoms with Gasteiger partial charge in [0.05, 0.1) is 22.5 Å². The van der Waals surface area contributed by atoms with Crippen LogP contribution in [-0.4, -0.2) is 14.6 Å². The molecule has 0 aromatic carbocycles. The van der Waals surface area contributed by atoms with E-state index in [0.29, 0.717) is 5.02 Å². The van der Waals surface area contributed by atoms with Crippen molar-refractivity contribution in [1.82, 2.24) is 14.6 Å². The van der Waals surface area contributed by atoms with E-state index < -0.39 is 0 Å². The van der Waals surface area contributed by atoms with Crippen molar-refractivity contribution in [2.45, 2.75) is 18.4 Å². The van der Waals surface area contributed by atoms with E-state index >= 15 is 0 Å². The summed E-state index contributed by atoms with van der Waals surface area (Å²) in [5.74, 6) is 0. The molecule has 72 valence electrons. The lowest BCUT2D eigenvalue weighted by Gasteiger charge is -2.00. The van der Waals surface area contributed by atoms with Gasteiger partial charge in [-0.3, -0.25) is 0 Å². The molecule has 1 aliphatic carbocycles. The molecule has 4 nitrogen and oxygen atoms in total. The Kier molecular flexibility index (Phi) is 1.44. The quantitative estimate of drug-likeness (QED) is 0.769. The van der Waals surface area contributed by atoms with Crippen LogP contribution in [0.15, 0.2) is 18.5 Å². The zero-order valence-electron chi connectivity index (χ0n) is 7.44. The Bertz CT molecular complexity index is 500. The molecule has 0 radical (unpaired) electrons. The van der Waals surface area contributed by atoms with Gasteiger partial charge < -0.3 is 5.73 Å². The van der Waals surface area contributed by atoms with E-state index in [9.17, 15) is 0 Å². The second-order valence-corrected chi connectivity index (χ2v) is 4.20. The number of rotatable bonds is 1. The zero-order chi connectivity index (χ0) is 9.76. The smallest absolute Gasteiger partial charge is 0.155 e. The summed E-state index contributed by atoms with van der Waals surface area (Å²) in [6, 6.07) is 1.92. The average molecular weight is 209 g/mol. The van der Waals surface area contributed by atoms with E-state index in [-0.39, 0.29) is 5.54 Å². The Balaban J connectivity index is 2.20. The Labute approximate surface area is 85.7 Å². The summed E-state index contributed by atoms with van der Waals surface area (Å²) < 4.78 is 1.67. The second-order valence-electron chi connectivity index (χ2n) is 3.76. The van der Waals surface area contributed by atoms with Crippen LogP contribution in [0.5, 0.6) is 0 Å². The number of hydrogen-bond acceptors (Lipinski definition) is 3. The highest BCUT2D eigenvalue weighted by molar-refractivity contribution is 6.30. The maximum Gasteiger partial charge on any atom is 0.155 e. The summed E-state index contributed by atoms with van der Waals surface area (Å²) in [5, 5.41) is 4.93. The van der Waals surface area contributed by atoms with Crippen molar-refractivity contribution in [3.8, 4) is 0 Å². The first-order chi connectivity index (χ1) is 6.67. The maximum absolute atomic E-state index is 6.03. The van der Waals surface area contributed by atoms with Crippen LogP contribution < -0.4 is 5.73 Å². The Morgan fingerprint density at radius 2 is 2.29 bits per heavy atom. The minimum atomic E-state index is -0.208. The van der Waals surface area contributed by atoms with Gasteiger partial charge in [-0.05, 0) is 12.8 Å². The molecule has 5 heteroatoms. The molecular weight excluding hydrogens is 200 g/mol. The molecule has 0 aliphatic heterocycles. The SMILES string of the molecule is NC1(c2cc3ncc(Cl)cn3n2)CC1. The molecule has 2 aromatic rings. The van der Waals surface area contributed by atoms with Crippen LogP contribution in [-0.2, 0) is 5.54 Å². The van der Waals surface area contributed by atoms with E-state index in [1.807, 2.05) is 6.07 Å². The summed E-state index contributed by atoms with van der Waals surface area (Å²) in [6.07, 6.45) is 5.35. The number of aromatic nitrogens is 3. The molecule has 0 amide bonds. The van der Waals surface area contributed by atoms with E-state index in [2.05, 4.69) is 10.1 Å². The fourth-order valence-electron chi connectivity index (χ4n) is 1.49. The van der Waals surface area contributed by atoms with E-state index in [4.69, 9.17) is 17.3 Å². The van der Waals surface area contributed by atoms with Crippen LogP contribution in [0.1, 0.15) is 18.5 Å². The van der Waals surface area contributed by atoms with Crippen LogP contribution in [0, 0.1) is 0 Å². The van der Waals surface area contributed by atoms with Gasteiger partial charge in [-0.15, -0.1) is 0 Å². The van der Waals surface area contributed by atoms with E-state index in [0.717, 1.165) is 24.2 Å². The van der Waals surface area contributed by atoms with Crippen molar-refractivity contribution in [3.05, 3.63) is 29.2 Å². The van der Waals surface area contributed by atoms with Crippen LogP contribution in [0.4, 0.5) is 0 Å². The highest BCUT2D eigenvalue weighted by atomic mass is 35.5. The van der Waals surface area contributed by atoms with Crippen molar-refractivity contribution >= 4 is 17.2 Å². The molecule has 1 saturated carbocycles. The van der Waals surface area contributed by atoms with Crippen molar-refractivity contribution in [2.75, 3.05) is 0 Å². The monoisotopic (exact) mass is 208 g/mol. The third kappa shape index (κ3) is 1.11. The third-order valence-corrected chi connectivity index (χ3v) is 2.78. The summed E-state index contributed by atoms with van der Waals surface area (Å²) in [7, 11) is 0. The largest absolute Gasteiger partial charge is 0.320 e. The topological polar surface area (TPSA) is 56.2 Å². The minimum absolute atomic E-state index is 0.208. The third-order valence-electron chi connectivity index (χ3n) is 2.58. The lowest BCUT2D eigenvalue weighted by atomic mass is 10.2. The molecule has 14 heavy (non-hydrogen) atoms. The molecule has 2 heterocycles. The summed E-state index contributed by atoms with van der Waals surface area (Å²) in [6.45, 7) is 0. The van der Waals surface area contributed by atoms with Gasteiger partial charge in [0.25, 0.3) is 0 Å². The normalized spacial score (nSPS) is 18.7. The van der Waals surface area contributed by atoms with Crippen LogP contribution in [0.3, 0.4) is 0 Å². The standard InChI is InChI=1S/C9H9ClN4/c10-6-4-12-8-3-7(9(11)1-2-9)13-14(8)5-6/h3-5H,1-2,11H2. The molecule has 0 spiro atoms. The van der Waals surface area contributed by atoms with Gasteiger partial charge in [-0.2, -0.15) is 5.10 Å². The molecule has 0 saturated heterocycles. The minimum Gasteiger partial charge on any atom is -0.320 e. The van der Waals surface area contributed by atoms with Gasteiger partial charge in [-0.25, -0.2) is 9.50 Å². The van der Waals surface area contributed by atoms with Gasteiger partial charge in [0.1, 0.15) is 0 Å². The second kappa shape index (κ2) is 2.46. The van der Waals surface area contributed by atoms with Crippen molar-refractivity contribution in [2.24, 2.45) is 5.73 Å². The van der Waals surface area contributed by atoms with Crippen molar-refractivity contribution in [3.63, 3.8) is 0 Å². The van der Waals surface area contributed by atoms with Crippen LogP contribution in [0.2, 0.25) is 5.02 Å². The molecule has 2 aromatic heterocycles. The molecule has 0 bridgehead atoms. The number of nitrogens with two attached hydrogens (primary N) is 1. The van der Waals surface area contributed by atoms with E-state index in [1.165, 1.54) is 0 Å². The van der Waals surface area contributed by atoms with Crippen molar-refractivity contribution < 1.29 is 0 Å². The Morgan fingerprint density at radius 3 is 3.00 bits per heavy atom. The molecule has 0 atom stereocenters. The molecule has 0 unspecified atom stereocenters. The number of hydrogen-bond donors (Lipinski definition) is 1. The fraction of sp³-hybridized carbons (Fsp3) is 0.333. The first-order valence-corrected chi connectivity index (χ1v) is 4.85. The highest BCUT2D eigenvalue weighted by Crippen LogP contribution is 2.41. The van der Waals surface area contributed by atoms with Crippen LogP contribution >= 0.6 is 11.6 Å². The predicted octanol–water partition coefficient (Wildman–Crippen LogP) is 1.33. The summed E-state index contributed by atoms with van der Waals surface area (Å²) >= 11 is 5.80. The molecule has 1 aliphatic rings. The zero-order valence-corrected chi connectivity index (χ0v) is 8.20. The predicted molar refractivity (Wildman–Crippen MR) is 53.1 cm³/mol. The molecule has 1 fully saturated rings. The number of fused-ring (bicyclic) bond motifs is 1. The van der Waals surface area contributed by atoms with E-state index in [1.54, 1.807) is 16.9 Å². The lowest BCUT2D eigenvalue weighted by molar-refractivity contribution is 0.691. The van der Waals surface area contributed by atoms with Crippen LogP contribution in [0.25, 0.3) is 5.65 Å². The first kappa shape index (κ1) is 8.20. The van der Waals surface area contributed by atoms with Crippen molar-refractivity contribution in [1.29, 1.82) is 0 Å². The van der Waals surface area contributed by atoms with Gasteiger partial charge in [0.2, 0.25) is 0 Å². The average Bonchev–Trinajstić information content (AvgIpc) is 2.77. The Morgan fingerprint density at radius 1 is 1.50 bits per heavy atom. The first-order valence-electron chi connectivity index (χ1n) is 4.48. The highest BCUT2D eigenvalue weighted by Gasteiger charge is 2.42. The van der Waals surface area contributed by atoms with Gasteiger partial charge >= 0.3 is 0 Å². The van der Waals surface area contributed by atoms with Gasteiger partial charge in [-0.1, -0.05) is 11.6 Å². The lowest BCUT2D eigenvalue weighted by Crippen LogP contribution is -2.19. The van der Waals surface area contributed by atoms with Gasteiger partial charge in [0.15, 0.2) is 5.65 Å². The number of halogens is 1. The Hall–Kier alpha value is -1.13. The molecular formula is C9H9ClN4. The fourth-order valence-corrected chi connectivity index (χ4v) is 1.63. The number of nitrogens with zero attached hydrogens (tertiary/aromatic N) is 3. The summed E-state index contributed by atoms with van der Waals surface area (Å²) in [5.41, 5.74) is 7.53. The molecule has 3 rings (SSSR count).